The highest BCUT2D eigenvalue weighted by Gasteiger charge is 2.23. The summed E-state index contributed by atoms with van der Waals surface area (Å²) in [7, 11) is 0. The minimum Gasteiger partial charge on any atom is -0.371 e. The van der Waals surface area contributed by atoms with Crippen molar-refractivity contribution in [3.63, 3.8) is 0 Å². The Bertz CT molecular complexity index is 968. The lowest BCUT2D eigenvalue weighted by Crippen LogP contribution is -2.31. The van der Waals surface area contributed by atoms with Crippen LogP contribution in [0.4, 0.5) is 22.7 Å². The molecular weight excluding hydrogens is 384 g/mol. The Kier molecular flexibility index (Phi) is 5.65. The summed E-state index contributed by atoms with van der Waals surface area (Å²) in [6.07, 6.45) is 4.63. The number of anilines is 3. The van der Waals surface area contributed by atoms with Gasteiger partial charge in [-0.3, -0.25) is 19.7 Å². The van der Waals surface area contributed by atoms with Crippen LogP contribution in [0.2, 0.25) is 0 Å². The van der Waals surface area contributed by atoms with Crippen molar-refractivity contribution in [2.75, 3.05) is 34.8 Å². The summed E-state index contributed by atoms with van der Waals surface area (Å²) in [5, 5.41) is 14.1. The number of benzene rings is 2. The molecule has 2 fully saturated rings. The lowest BCUT2D eigenvalue weighted by atomic mass is 10.1. The van der Waals surface area contributed by atoms with Gasteiger partial charge in [-0.05, 0) is 56.0 Å². The Morgan fingerprint density at radius 3 is 2.33 bits per heavy atom. The van der Waals surface area contributed by atoms with E-state index in [0.29, 0.717) is 24.2 Å². The lowest BCUT2D eigenvalue weighted by Gasteiger charge is -2.30. The summed E-state index contributed by atoms with van der Waals surface area (Å²) in [4.78, 5) is 39.5. The Morgan fingerprint density at radius 2 is 1.70 bits per heavy atom. The van der Waals surface area contributed by atoms with Gasteiger partial charge in [0.25, 0.3) is 11.6 Å². The van der Waals surface area contributed by atoms with Gasteiger partial charge < -0.3 is 15.1 Å². The number of hydrogen-bond donors (Lipinski definition) is 1. The van der Waals surface area contributed by atoms with Crippen molar-refractivity contribution in [2.45, 2.75) is 32.1 Å². The molecule has 4 rings (SSSR count). The topological polar surface area (TPSA) is 95.8 Å². The van der Waals surface area contributed by atoms with Crippen LogP contribution in [-0.2, 0) is 4.79 Å². The van der Waals surface area contributed by atoms with Gasteiger partial charge in [-0.25, -0.2) is 0 Å². The van der Waals surface area contributed by atoms with Crippen LogP contribution in [0.5, 0.6) is 0 Å². The van der Waals surface area contributed by atoms with E-state index in [1.165, 1.54) is 12.1 Å². The van der Waals surface area contributed by atoms with Crippen molar-refractivity contribution >= 4 is 34.6 Å². The third kappa shape index (κ3) is 4.12. The Labute approximate surface area is 174 Å². The van der Waals surface area contributed by atoms with E-state index >= 15 is 0 Å². The molecule has 2 aromatic rings. The number of non-ortho nitro benzene ring substituents is 1. The second-order valence-electron chi connectivity index (χ2n) is 7.66. The molecule has 0 saturated carbocycles. The van der Waals surface area contributed by atoms with Crippen molar-refractivity contribution in [1.82, 2.24) is 0 Å². The predicted octanol–water partition coefficient (Wildman–Crippen LogP) is 3.96. The molecule has 2 heterocycles. The maximum Gasteiger partial charge on any atom is 0.270 e. The number of nitro groups is 1. The molecule has 0 radical (unpaired) electrons. The van der Waals surface area contributed by atoms with Crippen LogP contribution in [-0.4, -0.2) is 36.4 Å². The van der Waals surface area contributed by atoms with Crippen LogP contribution in [0.1, 0.15) is 42.5 Å². The molecule has 0 spiro atoms. The molecule has 2 aliphatic heterocycles. The van der Waals surface area contributed by atoms with E-state index in [9.17, 15) is 19.7 Å². The van der Waals surface area contributed by atoms with E-state index in [1.807, 2.05) is 0 Å². The molecule has 1 N–H and O–H groups in total. The van der Waals surface area contributed by atoms with E-state index in [-0.39, 0.29) is 17.5 Å². The fourth-order valence-corrected chi connectivity index (χ4v) is 4.07. The number of amides is 2. The average Bonchev–Trinajstić information content (AvgIpc) is 3.20. The zero-order valence-corrected chi connectivity index (χ0v) is 16.7. The first-order chi connectivity index (χ1) is 14.5. The molecule has 2 amide bonds. The van der Waals surface area contributed by atoms with Gasteiger partial charge in [0, 0.05) is 49.6 Å². The quantitative estimate of drug-likeness (QED) is 0.597. The van der Waals surface area contributed by atoms with Gasteiger partial charge in [-0.15, -0.1) is 0 Å². The zero-order chi connectivity index (χ0) is 21.1. The first-order valence-corrected chi connectivity index (χ1v) is 10.3. The summed E-state index contributed by atoms with van der Waals surface area (Å²) in [5.74, 6) is -0.279. The minimum absolute atomic E-state index is 0.106. The molecule has 0 bridgehead atoms. The normalized spacial score (nSPS) is 16.6. The Balaban J connectivity index is 1.56. The third-order valence-electron chi connectivity index (χ3n) is 5.64. The number of carbonyl (C=O) groups is 2. The van der Waals surface area contributed by atoms with Crippen LogP contribution in [0.15, 0.2) is 42.5 Å². The largest absolute Gasteiger partial charge is 0.371 e. The van der Waals surface area contributed by atoms with Crippen molar-refractivity contribution in [1.29, 1.82) is 0 Å². The number of hydrogen-bond acceptors (Lipinski definition) is 5. The SMILES string of the molecule is O=C(Nc1ccc(N2CCCC2=O)cc1)c1cc([N+](=O)[O-])ccc1N1CCCCC1. The molecule has 30 heavy (non-hydrogen) atoms. The van der Waals surface area contributed by atoms with E-state index in [1.54, 1.807) is 35.2 Å². The fourth-order valence-electron chi connectivity index (χ4n) is 4.07. The highest BCUT2D eigenvalue weighted by Crippen LogP contribution is 2.29. The van der Waals surface area contributed by atoms with Gasteiger partial charge in [-0.1, -0.05) is 0 Å². The van der Waals surface area contributed by atoms with Crippen LogP contribution >= 0.6 is 0 Å². The lowest BCUT2D eigenvalue weighted by molar-refractivity contribution is -0.384. The highest BCUT2D eigenvalue weighted by molar-refractivity contribution is 6.08. The van der Waals surface area contributed by atoms with Crippen molar-refractivity contribution < 1.29 is 14.5 Å². The van der Waals surface area contributed by atoms with Gasteiger partial charge in [-0.2, -0.15) is 0 Å². The number of carbonyl (C=O) groups excluding carboxylic acids is 2. The van der Waals surface area contributed by atoms with Gasteiger partial charge in [0.15, 0.2) is 0 Å². The first-order valence-electron chi connectivity index (χ1n) is 10.3. The van der Waals surface area contributed by atoms with E-state index in [2.05, 4.69) is 10.2 Å². The van der Waals surface area contributed by atoms with Crippen LogP contribution in [0.3, 0.4) is 0 Å². The van der Waals surface area contributed by atoms with E-state index in [0.717, 1.165) is 50.1 Å². The maximum atomic E-state index is 13.0. The molecule has 0 atom stereocenters. The van der Waals surface area contributed by atoms with Crippen LogP contribution in [0, 0.1) is 10.1 Å². The summed E-state index contributed by atoms with van der Waals surface area (Å²) in [6, 6.07) is 11.6. The molecule has 8 nitrogen and oxygen atoms in total. The highest BCUT2D eigenvalue weighted by atomic mass is 16.6. The minimum atomic E-state index is -0.487. The molecule has 2 aliphatic rings. The van der Waals surface area contributed by atoms with Crippen molar-refractivity contribution in [3.05, 3.63) is 58.1 Å². The van der Waals surface area contributed by atoms with Gasteiger partial charge in [0.05, 0.1) is 16.2 Å². The van der Waals surface area contributed by atoms with E-state index < -0.39 is 4.92 Å². The number of piperidine rings is 1. The van der Waals surface area contributed by atoms with Gasteiger partial charge >= 0.3 is 0 Å². The molecule has 2 aromatic carbocycles. The van der Waals surface area contributed by atoms with Gasteiger partial charge in [0.1, 0.15) is 0 Å². The van der Waals surface area contributed by atoms with E-state index in [4.69, 9.17) is 0 Å². The van der Waals surface area contributed by atoms with Crippen molar-refractivity contribution in [2.24, 2.45) is 0 Å². The Hall–Kier alpha value is -3.42. The van der Waals surface area contributed by atoms with Crippen molar-refractivity contribution in [3.8, 4) is 0 Å². The summed E-state index contributed by atoms with van der Waals surface area (Å²) in [5.41, 5.74) is 2.29. The molecule has 0 unspecified atom stereocenters. The second kappa shape index (κ2) is 8.52. The molecule has 8 heteroatoms. The molecule has 2 saturated heterocycles. The summed E-state index contributed by atoms with van der Waals surface area (Å²) in [6.45, 7) is 2.37. The van der Waals surface area contributed by atoms with Crippen LogP contribution in [0.25, 0.3) is 0 Å². The average molecular weight is 408 g/mol. The monoisotopic (exact) mass is 408 g/mol. The van der Waals surface area contributed by atoms with Gasteiger partial charge in [0.2, 0.25) is 5.91 Å². The molecule has 0 aromatic heterocycles. The first kappa shape index (κ1) is 19.9. The Morgan fingerprint density at radius 1 is 0.967 bits per heavy atom. The predicted molar refractivity (Wildman–Crippen MR) is 115 cm³/mol. The smallest absolute Gasteiger partial charge is 0.270 e. The number of rotatable bonds is 5. The molecule has 156 valence electrons. The summed E-state index contributed by atoms with van der Waals surface area (Å²) >= 11 is 0. The number of nitrogens with one attached hydrogen (secondary N) is 1. The zero-order valence-electron chi connectivity index (χ0n) is 16.7. The molecule has 0 aliphatic carbocycles. The third-order valence-corrected chi connectivity index (χ3v) is 5.64. The second-order valence-corrected chi connectivity index (χ2v) is 7.66. The maximum absolute atomic E-state index is 13.0. The van der Waals surface area contributed by atoms with Crippen LogP contribution < -0.4 is 15.1 Å². The number of nitrogens with zero attached hydrogens (tertiary/aromatic N) is 3. The standard InChI is InChI=1S/C22H24N4O4/c27-21-5-4-14-25(21)17-8-6-16(7-9-17)23-22(28)19-15-18(26(29)30)10-11-20(19)24-12-2-1-3-13-24/h6-11,15H,1-5,12-14H2,(H,23,28). The molecular formula is C22H24N4O4. The fraction of sp³-hybridized carbons (Fsp3) is 0.364. The summed E-state index contributed by atoms with van der Waals surface area (Å²) < 4.78 is 0. The number of nitro benzene ring substituents is 1.